The van der Waals surface area contributed by atoms with Gasteiger partial charge in [-0.2, -0.15) is 0 Å². The normalized spacial score (nSPS) is 12.6. The molecule has 1 unspecified atom stereocenters. The van der Waals surface area contributed by atoms with E-state index in [2.05, 4.69) is 6.58 Å². The molecule has 2 N–H and O–H groups in total. The van der Waals surface area contributed by atoms with E-state index < -0.39 is 17.7 Å². The van der Waals surface area contributed by atoms with E-state index in [1.165, 1.54) is 12.1 Å². The lowest BCUT2D eigenvalue weighted by Gasteiger charge is -2.13. The molecule has 0 saturated carbocycles. The Balaban J connectivity index is 3.31. The second-order valence-electron chi connectivity index (χ2n) is 3.07. The second kappa shape index (κ2) is 4.33. The molecule has 76 valence electrons. The van der Waals surface area contributed by atoms with Crippen LogP contribution in [0.25, 0.3) is 0 Å². The molecule has 0 heterocycles. The fourth-order valence-corrected chi connectivity index (χ4v) is 1.42. The topological polar surface area (TPSA) is 26.0 Å². The minimum atomic E-state index is -0.605. The molecule has 0 aromatic heterocycles. The summed E-state index contributed by atoms with van der Waals surface area (Å²) in [5.41, 5.74) is 6.59. The van der Waals surface area contributed by atoms with Gasteiger partial charge in [0.25, 0.3) is 0 Å². The molecule has 1 nitrogen and oxygen atoms in total. The van der Waals surface area contributed by atoms with Crippen molar-refractivity contribution in [2.75, 3.05) is 0 Å². The Morgan fingerprint density at radius 3 is 2.64 bits per heavy atom. The third kappa shape index (κ3) is 1.99. The minimum absolute atomic E-state index is 0.457. The fraction of sp³-hybridized carbons (Fsp3) is 0.273. The summed E-state index contributed by atoms with van der Waals surface area (Å²) >= 11 is 0. The zero-order valence-corrected chi connectivity index (χ0v) is 8.06. The van der Waals surface area contributed by atoms with Crippen molar-refractivity contribution in [2.45, 2.75) is 19.4 Å². The first-order valence-electron chi connectivity index (χ1n) is 4.46. The molecule has 1 rings (SSSR count). The molecular weight excluding hydrogens is 184 g/mol. The first-order chi connectivity index (χ1) is 6.60. The smallest absolute Gasteiger partial charge is 0.129 e. The third-order valence-corrected chi connectivity index (χ3v) is 2.16. The van der Waals surface area contributed by atoms with Gasteiger partial charge in [0.15, 0.2) is 0 Å². The summed E-state index contributed by atoms with van der Waals surface area (Å²) in [6, 6.07) is 1.61. The van der Waals surface area contributed by atoms with Crippen molar-refractivity contribution in [3.8, 4) is 0 Å². The van der Waals surface area contributed by atoms with Crippen LogP contribution in [-0.2, 0) is 6.42 Å². The van der Waals surface area contributed by atoms with Gasteiger partial charge in [0.1, 0.15) is 11.6 Å². The largest absolute Gasteiger partial charge is 0.321 e. The van der Waals surface area contributed by atoms with Gasteiger partial charge in [0, 0.05) is 12.1 Å². The van der Waals surface area contributed by atoms with Gasteiger partial charge < -0.3 is 5.73 Å². The lowest BCUT2D eigenvalue weighted by molar-refractivity contribution is 0.566. The van der Waals surface area contributed by atoms with Gasteiger partial charge >= 0.3 is 0 Å². The highest BCUT2D eigenvalue weighted by Gasteiger charge is 2.13. The van der Waals surface area contributed by atoms with E-state index >= 15 is 0 Å². The van der Waals surface area contributed by atoms with E-state index in [9.17, 15) is 8.78 Å². The molecule has 0 fully saturated rings. The monoisotopic (exact) mass is 197 g/mol. The van der Waals surface area contributed by atoms with Crippen LogP contribution >= 0.6 is 0 Å². The summed E-state index contributed by atoms with van der Waals surface area (Å²) in [5.74, 6) is -1.15. The summed E-state index contributed by atoms with van der Waals surface area (Å²) < 4.78 is 26.2. The van der Waals surface area contributed by atoms with Crippen LogP contribution in [0.3, 0.4) is 0 Å². The molecule has 0 spiro atoms. The lowest BCUT2D eigenvalue weighted by Crippen LogP contribution is -2.11. The predicted molar refractivity (Wildman–Crippen MR) is 52.9 cm³/mol. The quantitative estimate of drug-likeness (QED) is 0.741. The van der Waals surface area contributed by atoms with Crippen molar-refractivity contribution in [1.82, 2.24) is 0 Å². The molecule has 0 saturated heterocycles. The molecule has 0 bridgehead atoms. The number of rotatable bonds is 3. The summed E-state index contributed by atoms with van der Waals surface area (Å²) in [6.45, 7) is 5.30. The Kier molecular flexibility index (Phi) is 3.36. The van der Waals surface area contributed by atoms with Crippen LogP contribution in [0.4, 0.5) is 8.78 Å². The molecule has 0 radical (unpaired) electrons. The standard InChI is InChI=1S/C11H13F2N/c1-3-8-9(11(14)4-2)5-7(12)6-10(8)13/h4-6,11H,2-3,14H2,1H3. The number of halogens is 2. The van der Waals surface area contributed by atoms with Gasteiger partial charge in [-0.15, -0.1) is 6.58 Å². The summed E-state index contributed by atoms with van der Waals surface area (Å²) in [5, 5.41) is 0. The number of nitrogens with two attached hydrogens (primary N) is 1. The van der Waals surface area contributed by atoms with Crippen molar-refractivity contribution >= 4 is 0 Å². The highest BCUT2D eigenvalue weighted by Crippen LogP contribution is 2.22. The fourth-order valence-electron chi connectivity index (χ4n) is 1.42. The Morgan fingerprint density at radius 2 is 2.14 bits per heavy atom. The van der Waals surface area contributed by atoms with Crippen molar-refractivity contribution in [1.29, 1.82) is 0 Å². The number of hydrogen-bond donors (Lipinski definition) is 1. The molecule has 0 amide bonds. The van der Waals surface area contributed by atoms with Gasteiger partial charge in [-0.05, 0) is 23.6 Å². The van der Waals surface area contributed by atoms with E-state index in [0.717, 1.165) is 6.07 Å². The Hall–Kier alpha value is -1.22. The summed E-state index contributed by atoms with van der Waals surface area (Å²) in [6.07, 6.45) is 1.95. The molecule has 1 atom stereocenters. The van der Waals surface area contributed by atoms with Crippen molar-refractivity contribution in [3.05, 3.63) is 47.5 Å². The van der Waals surface area contributed by atoms with E-state index in [0.29, 0.717) is 17.5 Å². The third-order valence-electron chi connectivity index (χ3n) is 2.16. The van der Waals surface area contributed by atoms with E-state index in [1.54, 1.807) is 6.92 Å². The maximum absolute atomic E-state index is 13.3. The number of benzene rings is 1. The van der Waals surface area contributed by atoms with Crippen molar-refractivity contribution < 1.29 is 8.78 Å². The highest BCUT2D eigenvalue weighted by atomic mass is 19.1. The van der Waals surface area contributed by atoms with E-state index in [1.807, 2.05) is 0 Å². The minimum Gasteiger partial charge on any atom is -0.321 e. The van der Waals surface area contributed by atoms with Gasteiger partial charge in [-0.1, -0.05) is 13.0 Å². The van der Waals surface area contributed by atoms with Gasteiger partial charge in [0.2, 0.25) is 0 Å². The Labute approximate surface area is 82.2 Å². The Morgan fingerprint density at radius 1 is 1.50 bits per heavy atom. The highest BCUT2D eigenvalue weighted by molar-refractivity contribution is 5.33. The van der Waals surface area contributed by atoms with Gasteiger partial charge in [-0.25, -0.2) is 8.78 Å². The zero-order valence-electron chi connectivity index (χ0n) is 8.06. The molecule has 1 aromatic rings. The summed E-state index contributed by atoms with van der Waals surface area (Å²) in [7, 11) is 0. The van der Waals surface area contributed by atoms with Crippen LogP contribution in [0.2, 0.25) is 0 Å². The van der Waals surface area contributed by atoms with E-state index in [-0.39, 0.29) is 0 Å². The second-order valence-corrected chi connectivity index (χ2v) is 3.07. The van der Waals surface area contributed by atoms with Gasteiger partial charge in [-0.3, -0.25) is 0 Å². The van der Waals surface area contributed by atoms with Crippen LogP contribution in [-0.4, -0.2) is 0 Å². The molecule has 14 heavy (non-hydrogen) atoms. The first kappa shape index (κ1) is 10.9. The number of hydrogen-bond acceptors (Lipinski definition) is 1. The van der Waals surface area contributed by atoms with Crippen LogP contribution < -0.4 is 5.73 Å². The lowest BCUT2D eigenvalue weighted by atomic mass is 9.98. The SMILES string of the molecule is C=CC(N)c1cc(F)cc(F)c1CC. The van der Waals surface area contributed by atoms with Crippen LogP contribution in [0.1, 0.15) is 24.1 Å². The molecular formula is C11H13F2N. The Bertz CT molecular complexity index is 347. The van der Waals surface area contributed by atoms with Crippen molar-refractivity contribution in [3.63, 3.8) is 0 Å². The maximum atomic E-state index is 13.3. The molecule has 3 heteroatoms. The van der Waals surface area contributed by atoms with Crippen LogP contribution in [0.5, 0.6) is 0 Å². The maximum Gasteiger partial charge on any atom is 0.129 e. The zero-order chi connectivity index (χ0) is 10.7. The van der Waals surface area contributed by atoms with E-state index in [4.69, 9.17) is 5.73 Å². The molecule has 0 aliphatic heterocycles. The molecule has 1 aromatic carbocycles. The van der Waals surface area contributed by atoms with Crippen LogP contribution in [0.15, 0.2) is 24.8 Å². The summed E-state index contributed by atoms with van der Waals surface area (Å²) in [4.78, 5) is 0. The van der Waals surface area contributed by atoms with Gasteiger partial charge in [0.05, 0.1) is 0 Å². The average Bonchev–Trinajstić information content (AvgIpc) is 2.15. The van der Waals surface area contributed by atoms with Crippen LogP contribution in [0, 0.1) is 11.6 Å². The first-order valence-corrected chi connectivity index (χ1v) is 4.46. The van der Waals surface area contributed by atoms with Crippen molar-refractivity contribution in [2.24, 2.45) is 5.73 Å². The predicted octanol–water partition coefficient (Wildman–Crippen LogP) is 2.71. The molecule has 0 aliphatic rings. The average molecular weight is 197 g/mol. The molecule has 0 aliphatic carbocycles.